The second-order valence-corrected chi connectivity index (χ2v) is 8.51. The average Bonchev–Trinajstić information content (AvgIpc) is 3.39. The maximum atomic E-state index is 14.5. The number of nitrogens with one attached hydrogen (secondary N) is 3. The number of carbonyl (C=O) groups is 3. The highest BCUT2D eigenvalue weighted by Crippen LogP contribution is 2.30. The number of fused-ring (bicyclic) bond motifs is 1. The molecule has 210 valence electrons. The summed E-state index contributed by atoms with van der Waals surface area (Å²) in [6.07, 6.45) is 5.12. The van der Waals surface area contributed by atoms with Gasteiger partial charge in [0, 0.05) is 42.3 Å². The molecule has 2 aromatic heterocycles. The highest BCUT2D eigenvalue weighted by Gasteiger charge is 2.18. The number of aromatic nitrogens is 3. The number of aryl methyl sites for hydroxylation is 1. The summed E-state index contributed by atoms with van der Waals surface area (Å²) in [5.74, 6) is -2.36. The molecular formula is C26H26ClF2N7O4. The van der Waals surface area contributed by atoms with Crippen LogP contribution in [0.1, 0.15) is 22.8 Å². The number of carbonyl (C=O) groups excluding carboxylic acids is 2. The van der Waals surface area contributed by atoms with Gasteiger partial charge in [0.2, 0.25) is 5.91 Å². The molecule has 0 aliphatic heterocycles. The fourth-order valence-corrected chi connectivity index (χ4v) is 3.94. The van der Waals surface area contributed by atoms with E-state index in [1.165, 1.54) is 24.5 Å². The van der Waals surface area contributed by atoms with Gasteiger partial charge >= 0.3 is 0 Å². The van der Waals surface area contributed by atoms with Crippen LogP contribution >= 0.6 is 11.6 Å². The fourth-order valence-electron chi connectivity index (χ4n) is 3.80. The largest absolute Gasteiger partial charge is 0.483 e. The molecule has 0 radical (unpaired) electrons. The van der Waals surface area contributed by atoms with Gasteiger partial charge in [-0.15, -0.1) is 0 Å². The van der Waals surface area contributed by atoms with E-state index in [2.05, 4.69) is 25.9 Å². The second kappa shape index (κ2) is 14.0. The topological polar surface area (TPSA) is 164 Å². The van der Waals surface area contributed by atoms with Crippen LogP contribution in [0.25, 0.3) is 16.9 Å². The fraction of sp³-hybridized carbons (Fsp3) is 0.192. The molecule has 11 nitrogen and oxygen atoms in total. The summed E-state index contributed by atoms with van der Waals surface area (Å²) in [5, 5.41) is 15.1. The summed E-state index contributed by atoms with van der Waals surface area (Å²) in [6, 6.07) is 7.93. The van der Waals surface area contributed by atoms with Gasteiger partial charge in [-0.1, -0.05) is 18.5 Å². The minimum absolute atomic E-state index is 0.0118. The molecule has 0 fully saturated rings. The van der Waals surface area contributed by atoms with Gasteiger partial charge in [-0.25, -0.2) is 18.7 Å². The van der Waals surface area contributed by atoms with Gasteiger partial charge in [0.1, 0.15) is 0 Å². The monoisotopic (exact) mass is 573 g/mol. The number of nitrogens with zero attached hydrogens (tertiary/aromatic N) is 3. The molecule has 2 heterocycles. The smallest absolute Gasteiger partial charge is 0.290 e. The number of imidazole rings is 1. The zero-order valence-corrected chi connectivity index (χ0v) is 22.0. The summed E-state index contributed by atoms with van der Waals surface area (Å²) >= 11 is 5.68. The Morgan fingerprint density at radius 2 is 1.85 bits per heavy atom. The lowest BCUT2D eigenvalue weighted by Crippen LogP contribution is -2.37. The Hall–Kier alpha value is -4.62. The van der Waals surface area contributed by atoms with E-state index in [-0.39, 0.29) is 48.5 Å². The van der Waals surface area contributed by atoms with Gasteiger partial charge in [0.25, 0.3) is 12.4 Å². The summed E-state index contributed by atoms with van der Waals surface area (Å²) in [6.45, 7) is 2.11. The lowest BCUT2D eigenvalue weighted by atomic mass is 10.0. The molecule has 0 saturated heterocycles. The average molecular weight is 574 g/mol. The zero-order chi connectivity index (χ0) is 29.2. The first-order valence-electron chi connectivity index (χ1n) is 11.9. The van der Waals surface area contributed by atoms with Crippen LogP contribution in [0.3, 0.4) is 0 Å². The van der Waals surface area contributed by atoms with Crippen LogP contribution in [0.2, 0.25) is 5.02 Å². The number of amides is 2. The van der Waals surface area contributed by atoms with Gasteiger partial charge in [-0.05, 0) is 42.3 Å². The van der Waals surface area contributed by atoms with E-state index in [1.54, 1.807) is 22.7 Å². The lowest BCUT2D eigenvalue weighted by molar-refractivity contribution is -0.123. The van der Waals surface area contributed by atoms with E-state index in [0.717, 1.165) is 5.56 Å². The number of rotatable bonds is 9. The standard InChI is InChI=1S/C25H24ClF2N7O2.CH2O2/c1-2-14-11-15(3-4-16(14)25(37)32-8-7-30-20(36)12-29)34-23-24-33-13-19(35(24)10-9-31-23)17-5-6-18(26)22(28)21(17)27;2-1-3/h3-6,9-11,13H,2,7-8,12,29H2,1H3,(H,30,36)(H,31,34)(H,32,37);1H,(H,2,3). The molecule has 2 aromatic carbocycles. The summed E-state index contributed by atoms with van der Waals surface area (Å²) in [7, 11) is 0. The van der Waals surface area contributed by atoms with E-state index in [0.29, 0.717) is 34.8 Å². The van der Waals surface area contributed by atoms with Crippen molar-refractivity contribution >= 4 is 47.0 Å². The van der Waals surface area contributed by atoms with Gasteiger partial charge < -0.3 is 26.8 Å². The quantitative estimate of drug-likeness (QED) is 0.116. The number of benzene rings is 2. The third-order valence-electron chi connectivity index (χ3n) is 5.65. The predicted octanol–water partition coefficient (Wildman–Crippen LogP) is 3.14. The van der Waals surface area contributed by atoms with E-state index in [4.69, 9.17) is 27.2 Å². The number of hydrogen-bond donors (Lipinski definition) is 5. The van der Waals surface area contributed by atoms with E-state index < -0.39 is 11.6 Å². The van der Waals surface area contributed by atoms with Crippen LogP contribution in [0, 0.1) is 11.6 Å². The van der Waals surface area contributed by atoms with Crippen LogP contribution in [-0.4, -0.2) is 57.4 Å². The molecule has 0 unspecified atom stereocenters. The third-order valence-corrected chi connectivity index (χ3v) is 5.94. The van der Waals surface area contributed by atoms with E-state index >= 15 is 0 Å². The highest BCUT2D eigenvalue weighted by atomic mass is 35.5. The Labute approximate surface area is 232 Å². The van der Waals surface area contributed by atoms with Crippen LogP contribution < -0.4 is 21.7 Å². The maximum absolute atomic E-state index is 14.5. The summed E-state index contributed by atoms with van der Waals surface area (Å²) in [5.41, 5.74) is 7.94. The minimum atomic E-state index is -1.13. The molecule has 14 heteroatoms. The SMILES string of the molecule is CCc1cc(Nc2nccn3c(-c4ccc(Cl)c(F)c4F)cnc23)ccc1C(=O)NCCNC(=O)CN.O=CO. The molecule has 0 aliphatic rings. The Morgan fingerprint density at radius 3 is 2.55 bits per heavy atom. The molecule has 6 N–H and O–H groups in total. The van der Waals surface area contributed by atoms with Crippen molar-refractivity contribution in [3.8, 4) is 11.3 Å². The molecule has 0 atom stereocenters. The Kier molecular flexibility index (Phi) is 10.4. The van der Waals surface area contributed by atoms with Gasteiger partial charge in [0.15, 0.2) is 23.1 Å². The van der Waals surface area contributed by atoms with Gasteiger partial charge in [0.05, 0.1) is 23.5 Å². The molecular weight excluding hydrogens is 548 g/mol. The maximum Gasteiger partial charge on any atom is 0.290 e. The first-order chi connectivity index (χ1) is 19.2. The minimum Gasteiger partial charge on any atom is -0.483 e. The first-order valence-corrected chi connectivity index (χ1v) is 12.3. The van der Waals surface area contributed by atoms with Crippen molar-refractivity contribution in [1.82, 2.24) is 25.0 Å². The number of carboxylic acid groups (broad SMARTS) is 1. The van der Waals surface area contributed by atoms with Gasteiger partial charge in [-0.3, -0.25) is 18.8 Å². The second-order valence-electron chi connectivity index (χ2n) is 8.10. The molecule has 0 aliphatic carbocycles. The van der Waals surface area contributed by atoms with Crippen molar-refractivity contribution in [2.45, 2.75) is 13.3 Å². The number of halogens is 3. The Morgan fingerprint density at radius 1 is 1.12 bits per heavy atom. The number of nitrogens with two attached hydrogens (primary N) is 1. The van der Waals surface area contributed by atoms with Gasteiger partial charge in [-0.2, -0.15) is 0 Å². The van der Waals surface area contributed by atoms with Crippen LogP contribution in [0.5, 0.6) is 0 Å². The van der Waals surface area contributed by atoms with Crippen LogP contribution in [0.15, 0.2) is 48.9 Å². The van der Waals surface area contributed by atoms with Crippen LogP contribution in [-0.2, 0) is 16.0 Å². The third kappa shape index (κ3) is 6.87. The van der Waals surface area contributed by atoms with Crippen molar-refractivity contribution in [3.63, 3.8) is 0 Å². The zero-order valence-electron chi connectivity index (χ0n) is 21.2. The molecule has 0 spiro atoms. The lowest BCUT2D eigenvalue weighted by Gasteiger charge is -2.13. The van der Waals surface area contributed by atoms with E-state index in [9.17, 15) is 18.4 Å². The van der Waals surface area contributed by atoms with Crippen molar-refractivity contribution < 1.29 is 28.3 Å². The number of anilines is 2. The first kappa shape index (κ1) is 29.9. The van der Waals surface area contributed by atoms with Crippen molar-refractivity contribution in [2.24, 2.45) is 5.73 Å². The summed E-state index contributed by atoms with van der Waals surface area (Å²) < 4.78 is 30.2. The normalized spacial score (nSPS) is 10.4. The summed E-state index contributed by atoms with van der Waals surface area (Å²) in [4.78, 5) is 40.9. The van der Waals surface area contributed by atoms with Crippen LogP contribution in [0.4, 0.5) is 20.3 Å². The molecule has 2 amide bonds. The molecule has 0 bridgehead atoms. The Bertz CT molecular complexity index is 1530. The number of hydrogen-bond acceptors (Lipinski definition) is 7. The molecule has 4 aromatic rings. The highest BCUT2D eigenvalue weighted by molar-refractivity contribution is 6.30. The van der Waals surface area contributed by atoms with E-state index in [1.807, 2.05) is 13.0 Å². The molecule has 0 saturated carbocycles. The molecule has 4 rings (SSSR count). The molecule has 40 heavy (non-hydrogen) atoms. The predicted molar refractivity (Wildman–Crippen MR) is 146 cm³/mol. The van der Waals surface area contributed by atoms with Crippen molar-refractivity contribution in [2.75, 3.05) is 25.0 Å². The van der Waals surface area contributed by atoms with Crippen molar-refractivity contribution in [1.29, 1.82) is 0 Å². The Balaban J connectivity index is 0.00000141. The van der Waals surface area contributed by atoms with Crippen molar-refractivity contribution in [3.05, 3.63) is 76.7 Å².